The van der Waals surface area contributed by atoms with Gasteiger partial charge in [-0.3, -0.25) is 0 Å². The quantitative estimate of drug-likeness (QED) is 0.0597. The molecule has 69 heavy (non-hydrogen) atoms. The van der Waals surface area contributed by atoms with E-state index in [0.717, 1.165) is 26.1 Å². The van der Waals surface area contributed by atoms with E-state index in [1.807, 2.05) is 0 Å². The predicted octanol–water partition coefficient (Wildman–Crippen LogP) is 23.7. The van der Waals surface area contributed by atoms with Crippen molar-refractivity contribution >= 4 is 0 Å². The molecule has 0 fully saturated rings. The molecule has 0 heterocycles. The highest BCUT2D eigenvalue weighted by Crippen LogP contribution is 2.17. The monoisotopic (exact) mass is 979 g/mol. The summed E-state index contributed by atoms with van der Waals surface area (Å²) in [6, 6.07) is 0. The van der Waals surface area contributed by atoms with E-state index in [2.05, 4.69) is 27.7 Å². The van der Waals surface area contributed by atoms with Crippen molar-refractivity contribution in [2.24, 2.45) is 0 Å². The molecule has 0 amide bonds. The molecule has 0 rings (SSSR count). The Morgan fingerprint density at radius 2 is 0.275 bits per heavy atom. The predicted molar refractivity (Wildman–Crippen MR) is 315 cm³/mol. The van der Waals surface area contributed by atoms with Crippen molar-refractivity contribution in [3.63, 3.8) is 0 Å². The summed E-state index contributed by atoms with van der Waals surface area (Å²) in [6.07, 6.45) is 81.4. The van der Waals surface area contributed by atoms with Gasteiger partial charge in [-0.2, -0.15) is 0 Å². The van der Waals surface area contributed by atoms with E-state index < -0.39 is 0 Å². The molecular formula is C66H138O3. The van der Waals surface area contributed by atoms with Crippen LogP contribution >= 0.6 is 0 Å². The Hall–Kier alpha value is -0.120. The molecule has 3 nitrogen and oxygen atoms in total. The molecule has 0 aliphatic rings. The minimum atomic E-state index is 0.373. The van der Waals surface area contributed by atoms with Crippen LogP contribution in [0.2, 0.25) is 0 Å². The van der Waals surface area contributed by atoms with E-state index in [1.165, 1.54) is 360 Å². The number of aliphatic hydroxyl groups is 2. The number of rotatable bonds is 60. The van der Waals surface area contributed by atoms with Crippen LogP contribution < -0.4 is 0 Å². The molecule has 0 unspecified atom stereocenters. The van der Waals surface area contributed by atoms with Crippen LogP contribution in [0.15, 0.2) is 0 Å². The second kappa shape index (κ2) is 76.8. The highest BCUT2D eigenvalue weighted by Gasteiger charge is 1.99. The average Bonchev–Trinajstić information content (AvgIpc) is 3.36. The Kier molecular flexibility index (Phi) is 81.4. The molecule has 0 aliphatic heterocycles. The molecule has 0 aliphatic carbocycles. The Bertz CT molecular complexity index is 711. The van der Waals surface area contributed by atoms with Gasteiger partial charge >= 0.3 is 0 Å². The van der Waals surface area contributed by atoms with Crippen LogP contribution in [0.25, 0.3) is 0 Å². The normalized spacial score (nSPS) is 11.2. The highest BCUT2D eigenvalue weighted by atomic mass is 16.5. The minimum Gasteiger partial charge on any atom is -0.396 e. The first-order chi connectivity index (χ1) is 34.2. The van der Waals surface area contributed by atoms with Gasteiger partial charge in [-0.25, -0.2) is 0 Å². The van der Waals surface area contributed by atoms with Crippen molar-refractivity contribution in [3.8, 4) is 0 Å². The lowest BCUT2D eigenvalue weighted by Crippen LogP contribution is -1.97. The fourth-order valence-electron chi connectivity index (χ4n) is 9.87. The van der Waals surface area contributed by atoms with E-state index in [-0.39, 0.29) is 0 Å². The second-order valence-corrected chi connectivity index (χ2v) is 22.2. The van der Waals surface area contributed by atoms with Gasteiger partial charge in [0.1, 0.15) is 0 Å². The molecule has 0 aromatic rings. The van der Waals surface area contributed by atoms with Gasteiger partial charge in [0.15, 0.2) is 0 Å². The highest BCUT2D eigenvalue weighted by molar-refractivity contribution is 4.54. The van der Waals surface area contributed by atoms with E-state index >= 15 is 0 Å². The summed E-state index contributed by atoms with van der Waals surface area (Å²) in [6.45, 7) is 11.9. The maximum absolute atomic E-state index is 8.67. The topological polar surface area (TPSA) is 49.7 Å². The summed E-state index contributed by atoms with van der Waals surface area (Å²) >= 11 is 0. The summed E-state index contributed by atoms with van der Waals surface area (Å²) in [7, 11) is 0. The molecule has 0 atom stereocenters. The number of aliphatic hydroxyl groups excluding tert-OH is 2. The van der Waals surface area contributed by atoms with Crippen molar-refractivity contribution in [3.05, 3.63) is 0 Å². The summed E-state index contributed by atoms with van der Waals surface area (Å²) in [5, 5.41) is 17.3. The zero-order valence-corrected chi connectivity index (χ0v) is 49.1. The summed E-state index contributed by atoms with van der Waals surface area (Å²) < 4.78 is 5.85. The lowest BCUT2D eigenvalue weighted by molar-refractivity contribution is 0.125. The first-order valence-corrected chi connectivity index (χ1v) is 33.0. The first kappa shape index (κ1) is 73.1. The zero-order chi connectivity index (χ0) is 50.5. The minimum absolute atomic E-state index is 0.373. The Morgan fingerprint density at radius 1 is 0.159 bits per heavy atom. The van der Waals surface area contributed by atoms with Crippen molar-refractivity contribution in [1.82, 2.24) is 0 Å². The Labute approximate surface area is 439 Å². The van der Waals surface area contributed by atoms with E-state index in [0.29, 0.717) is 13.2 Å². The van der Waals surface area contributed by atoms with Crippen LogP contribution in [0, 0.1) is 0 Å². The number of unbranched alkanes of at least 4 members (excludes halogenated alkanes) is 54. The third-order valence-electron chi connectivity index (χ3n) is 14.8. The third kappa shape index (κ3) is 82.2. The molecular weight excluding hydrogens is 841 g/mol. The van der Waals surface area contributed by atoms with Gasteiger partial charge in [0.2, 0.25) is 0 Å². The number of ether oxygens (including phenoxy) is 1. The molecule has 0 saturated carbocycles. The maximum Gasteiger partial charge on any atom is 0.0466 e. The van der Waals surface area contributed by atoms with Gasteiger partial charge in [0, 0.05) is 26.4 Å². The van der Waals surface area contributed by atoms with Gasteiger partial charge in [-0.15, -0.1) is 0 Å². The summed E-state index contributed by atoms with van der Waals surface area (Å²) in [4.78, 5) is 0. The van der Waals surface area contributed by atoms with Crippen molar-refractivity contribution in [2.45, 2.75) is 400 Å². The van der Waals surface area contributed by atoms with Crippen LogP contribution in [-0.4, -0.2) is 36.6 Å². The average molecular weight is 980 g/mol. The fraction of sp³-hybridized carbons (Fsp3) is 1.00. The largest absolute Gasteiger partial charge is 0.396 e. The van der Waals surface area contributed by atoms with Crippen LogP contribution in [0.4, 0.5) is 0 Å². The first-order valence-electron chi connectivity index (χ1n) is 33.0. The molecule has 0 aromatic carbocycles. The number of hydrogen-bond donors (Lipinski definition) is 2. The lowest BCUT2D eigenvalue weighted by Gasteiger charge is -2.05. The van der Waals surface area contributed by atoms with Crippen LogP contribution in [0.3, 0.4) is 0 Å². The van der Waals surface area contributed by atoms with Crippen molar-refractivity contribution < 1.29 is 14.9 Å². The fourth-order valence-corrected chi connectivity index (χ4v) is 9.87. The van der Waals surface area contributed by atoms with E-state index in [4.69, 9.17) is 14.9 Å². The van der Waals surface area contributed by atoms with E-state index in [9.17, 15) is 0 Å². The maximum atomic E-state index is 8.67. The van der Waals surface area contributed by atoms with Crippen molar-refractivity contribution in [1.29, 1.82) is 0 Å². The van der Waals surface area contributed by atoms with Crippen LogP contribution in [-0.2, 0) is 4.74 Å². The molecule has 0 radical (unpaired) electrons. The summed E-state index contributed by atoms with van der Waals surface area (Å²) in [5.41, 5.74) is 0. The molecule has 2 N–H and O–H groups in total. The zero-order valence-electron chi connectivity index (χ0n) is 49.1. The molecule has 0 aromatic heterocycles. The smallest absolute Gasteiger partial charge is 0.0466 e. The van der Waals surface area contributed by atoms with Gasteiger partial charge in [-0.05, 0) is 25.7 Å². The Balaban J connectivity index is -0.00000103. The second-order valence-electron chi connectivity index (χ2n) is 22.2. The molecule has 0 bridgehead atoms. The third-order valence-corrected chi connectivity index (χ3v) is 14.8. The van der Waals surface area contributed by atoms with Gasteiger partial charge in [0.25, 0.3) is 0 Å². The summed E-state index contributed by atoms with van der Waals surface area (Å²) in [5.74, 6) is 0. The SMILES string of the molecule is CCCCCCCCCCCCCCCCCCO.CCCCCCCCCCCCCCCCO.CCCCCCCCCCCCCCCCOCCCCCCCCCCCCCCCC. The van der Waals surface area contributed by atoms with Crippen molar-refractivity contribution in [2.75, 3.05) is 26.4 Å². The molecule has 0 saturated heterocycles. The standard InChI is InChI=1S/C32H66O.C18H38O.C16H34O/c1-3-5-7-9-11-13-15-17-19-21-23-25-27-29-31-33-32-30-28-26-24-22-20-18-16-14-12-10-8-6-4-2;1-2-3-4-5-6-7-8-9-10-11-12-13-14-15-16-17-18-19;1-2-3-4-5-6-7-8-9-10-11-12-13-14-15-16-17/h3-32H2,1-2H3;19H,2-18H2,1H3;17H,2-16H2,1H3. The van der Waals surface area contributed by atoms with Gasteiger partial charge in [0.05, 0.1) is 0 Å². The van der Waals surface area contributed by atoms with Crippen LogP contribution in [0.5, 0.6) is 0 Å². The van der Waals surface area contributed by atoms with Crippen LogP contribution in [0.1, 0.15) is 400 Å². The number of hydrogen-bond acceptors (Lipinski definition) is 3. The molecule has 420 valence electrons. The van der Waals surface area contributed by atoms with Gasteiger partial charge < -0.3 is 14.9 Å². The van der Waals surface area contributed by atoms with Gasteiger partial charge in [-0.1, -0.05) is 374 Å². The Morgan fingerprint density at radius 3 is 0.406 bits per heavy atom. The van der Waals surface area contributed by atoms with E-state index in [1.54, 1.807) is 0 Å². The molecule has 3 heteroatoms. The lowest BCUT2D eigenvalue weighted by atomic mass is 10.0. The molecule has 0 spiro atoms.